The molecule has 1 aromatic rings. The fourth-order valence-corrected chi connectivity index (χ4v) is 3.49. The summed E-state index contributed by atoms with van der Waals surface area (Å²) in [5.41, 5.74) is 1.74. The molecule has 0 aromatic heterocycles. The Morgan fingerprint density at radius 2 is 2.04 bits per heavy atom. The number of amides is 3. The van der Waals surface area contributed by atoms with Crippen molar-refractivity contribution in [3.63, 3.8) is 0 Å². The molecule has 2 aliphatic heterocycles. The highest BCUT2D eigenvalue weighted by molar-refractivity contribution is 5.98. The third-order valence-electron chi connectivity index (χ3n) is 4.95. The molecule has 1 atom stereocenters. The first kappa shape index (κ1) is 18.4. The van der Waals surface area contributed by atoms with Gasteiger partial charge in [-0.3, -0.25) is 14.4 Å². The Labute approximate surface area is 153 Å². The van der Waals surface area contributed by atoms with E-state index in [1.165, 1.54) is 0 Å². The van der Waals surface area contributed by atoms with Gasteiger partial charge in [-0.15, -0.1) is 0 Å². The van der Waals surface area contributed by atoms with Crippen molar-refractivity contribution >= 4 is 17.7 Å². The minimum atomic E-state index is -0.0865. The molecule has 140 valence electrons. The number of nitrogens with zero attached hydrogens (tertiary/aromatic N) is 2. The number of hydrogen-bond donors (Lipinski definition) is 1. The second kappa shape index (κ2) is 8.31. The lowest BCUT2D eigenvalue weighted by Crippen LogP contribution is -2.34. The topological polar surface area (TPSA) is 79.0 Å². The maximum atomic E-state index is 12.3. The summed E-state index contributed by atoms with van der Waals surface area (Å²) in [6, 6.07) is 7.54. The highest BCUT2D eigenvalue weighted by Gasteiger charge is 2.30. The Balaban J connectivity index is 1.38. The summed E-state index contributed by atoms with van der Waals surface area (Å²) in [5.74, 6) is 0.155. The molecule has 26 heavy (non-hydrogen) atoms. The molecule has 1 N–H and O–H groups in total. The van der Waals surface area contributed by atoms with Crippen LogP contribution in [0.15, 0.2) is 24.3 Å². The van der Waals surface area contributed by atoms with E-state index in [4.69, 9.17) is 4.74 Å². The molecule has 0 spiro atoms. The maximum absolute atomic E-state index is 12.3. The third-order valence-corrected chi connectivity index (χ3v) is 4.95. The Morgan fingerprint density at radius 3 is 2.81 bits per heavy atom. The minimum Gasteiger partial charge on any atom is -0.383 e. The second-order valence-corrected chi connectivity index (χ2v) is 6.84. The second-order valence-electron chi connectivity index (χ2n) is 6.84. The molecule has 1 fully saturated rings. The molecular weight excluding hydrogens is 334 g/mol. The predicted molar refractivity (Wildman–Crippen MR) is 95.4 cm³/mol. The first-order valence-corrected chi connectivity index (χ1v) is 8.99. The number of fused-ring (bicyclic) bond motifs is 1. The number of likely N-dealkylation sites (tertiary alicyclic amines) is 1. The van der Waals surface area contributed by atoms with Crippen molar-refractivity contribution in [1.29, 1.82) is 0 Å². The van der Waals surface area contributed by atoms with Crippen LogP contribution in [0.1, 0.15) is 28.8 Å². The van der Waals surface area contributed by atoms with Crippen molar-refractivity contribution in [3.05, 3.63) is 35.4 Å². The summed E-state index contributed by atoms with van der Waals surface area (Å²) in [4.78, 5) is 39.8. The fourth-order valence-electron chi connectivity index (χ4n) is 3.49. The Kier molecular flexibility index (Phi) is 5.88. The first-order chi connectivity index (χ1) is 12.6. The van der Waals surface area contributed by atoms with Crippen LogP contribution in [0, 0.1) is 5.92 Å². The normalized spacial score (nSPS) is 19.2. The molecule has 0 bridgehead atoms. The van der Waals surface area contributed by atoms with Crippen LogP contribution in [-0.2, 0) is 20.9 Å². The van der Waals surface area contributed by atoms with Gasteiger partial charge >= 0.3 is 0 Å². The van der Waals surface area contributed by atoms with E-state index in [1.54, 1.807) is 16.9 Å². The van der Waals surface area contributed by atoms with Crippen LogP contribution in [0.3, 0.4) is 0 Å². The van der Waals surface area contributed by atoms with Gasteiger partial charge in [-0.05, 0) is 11.6 Å². The highest BCUT2D eigenvalue weighted by Crippen LogP contribution is 2.22. The van der Waals surface area contributed by atoms with E-state index in [2.05, 4.69) is 5.32 Å². The molecule has 0 radical (unpaired) electrons. The van der Waals surface area contributed by atoms with Crippen LogP contribution in [0.25, 0.3) is 0 Å². The number of methoxy groups -OCH3 is 1. The summed E-state index contributed by atoms with van der Waals surface area (Å²) < 4.78 is 5.00. The van der Waals surface area contributed by atoms with Crippen molar-refractivity contribution in [3.8, 4) is 0 Å². The number of nitrogens with one attached hydrogen (secondary N) is 1. The van der Waals surface area contributed by atoms with E-state index in [0.29, 0.717) is 45.8 Å². The number of rotatable bonds is 8. The molecule has 3 rings (SSSR count). The van der Waals surface area contributed by atoms with E-state index in [9.17, 15) is 14.4 Å². The van der Waals surface area contributed by atoms with Gasteiger partial charge in [0.1, 0.15) is 0 Å². The largest absolute Gasteiger partial charge is 0.383 e. The molecule has 0 unspecified atom stereocenters. The van der Waals surface area contributed by atoms with Gasteiger partial charge < -0.3 is 19.9 Å². The van der Waals surface area contributed by atoms with Crippen molar-refractivity contribution in [2.24, 2.45) is 5.92 Å². The Morgan fingerprint density at radius 1 is 1.23 bits per heavy atom. The lowest BCUT2D eigenvalue weighted by molar-refractivity contribution is -0.128. The van der Waals surface area contributed by atoms with Gasteiger partial charge in [0.2, 0.25) is 11.8 Å². The van der Waals surface area contributed by atoms with Crippen LogP contribution >= 0.6 is 0 Å². The summed E-state index contributed by atoms with van der Waals surface area (Å²) in [6.45, 7) is 3.23. The van der Waals surface area contributed by atoms with Crippen LogP contribution in [0.2, 0.25) is 0 Å². The number of ether oxygens (including phenoxy) is 1. The highest BCUT2D eigenvalue weighted by atomic mass is 16.5. The molecule has 1 aromatic carbocycles. The van der Waals surface area contributed by atoms with Gasteiger partial charge in [-0.1, -0.05) is 18.2 Å². The van der Waals surface area contributed by atoms with Crippen molar-refractivity contribution in [1.82, 2.24) is 15.1 Å². The summed E-state index contributed by atoms with van der Waals surface area (Å²) in [7, 11) is 1.61. The van der Waals surface area contributed by atoms with Gasteiger partial charge in [0.15, 0.2) is 0 Å². The van der Waals surface area contributed by atoms with Gasteiger partial charge in [-0.25, -0.2) is 0 Å². The minimum absolute atomic E-state index is 0.0106. The number of carbonyl (C=O) groups excluding carboxylic acids is 3. The monoisotopic (exact) mass is 359 g/mol. The Hall–Kier alpha value is -2.41. The lowest BCUT2D eigenvalue weighted by atomic mass is 10.1. The molecule has 7 heteroatoms. The van der Waals surface area contributed by atoms with Crippen LogP contribution in [0.5, 0.6) is 0 Å². The van der Waals surface area contributed by atoms with E-state index in [-0.39, 0.29) is 30.1 Å². The number of benzene rings is 1. The smallest absolute Gasteiger partial charge is 0.254 e. The molecule has 0 saturated carbocycles. The van der Waals surface area contributed by atoms with Crippen LogP contribution in [0.4, 0.5) is 0 Å². The van der Waals surface area contributed by atoms with E-state index in [0.717, 1.165) is 11.1 Å². The van der Waals surface area contributed by atoms with Crippen molar-refractivity contribution in [2.75, 3.05) is 39.9 Å². The van der Waals surface area contributed by atoms with Crippen molar-refractivity contribution in [2.45, 2.75) is 19.4 Å². The Bertz CT molecular complexity index is 691. The average molecular weight is 359 g/mol. The number of hydrogen-bond acceptors (Lipinski definition) is 4. The van der Waals surface area contributed by atoms with Gasteiger partial charge in [0, 0.05) is 64.2 Å². The quantitative estimate of drug-likeness (QED) is 0.739. The zero-order valence-electron chi connectivity index (χ0n) is 15.1. The van der Waals surface area contributed by atoms with Gasteiger partial charge in [0.05, 0.1) is 6.61 Å². The zero-order chi connectivity index (χ0) is 18.5. The summed E-state index contributed by atoms with van der Waals surface area (Å²) in [6.07, 6.45) is 0.734. The van der Waals surface area contributed by atoms with Gasteiger partial charge in [0.25, 0.3) is 5.91 Å². The van der Waals surface area contributed by atoms with Crippen LogP contribution in [-0.4, -0.2) is 67.4 Å². The first-order valence-electron chi connectivity index (χ1n) is 8.99. The SMILES string of the molecule is COCCN1C[C@H](CNC(=O)CCN2Cc3ccccc3C2=O)CC1=O. The third kappa shape index (κ3) is 4.22. The molecular formula is C19H25N3O4. The summed E-state index contributed by atoms with van der Waals surface area (Å²) in [5, 5.41) is 2.89. The molecule has 3 amide bonds. The maximum Gasteiger partial charge on any atom is 0.254 e. The van der Waals surface area contributed by atoms with E-state index < -0.39 is 0 Å². The lowest BCUT2D eigenvalue weighted by Gasteiger charge is -2.17. The fraction of sp³-hybridized carbons (Fsp3) is 0.526. The predicted octanol–water partition coefficient (Wildman–Crippen LogP) is 0.644. The molecule has 2 heterocycles. The molecule has 7 nitrogen and oxygen atoms in total. The number of carbonyl (C=O) groups is 3. The van der Waals surface area contributed by atoms with E-state index in [1.807, 2.05) is 24.3 Å². The molecule has 1 saturated heterocycles. The standard InChI is InChI=1S/C19H25N3O4/c1-26-9-8-21-12-14(10-18(21)24)11-20-17(23)6-7-22-13-15-4-2-3-5-16(15)19(22)25/h2-5,14H,6-13H2,1H3,(H,20,23)/t14-/m0/s1. The van der Waals surface area contributed by atoms with E-state index >= 15 is 0 Å². The summed E-state index contributed by atoms with van der Waals surface area (Å²) >= 11 is 0. The van der Waals surface area contributed by atoms with Crippen LogP contribution < -0.4 is 5.32 Å². The van der Waals surface area contributed by atoms with Gasteiger partial charge in [-0.2, -0.15) is 0 Å². The van der Waals surface area contributed by atoms with Crippen molar-refractivity contribution < 1.29 is 19.1 Å². The average Bonchev–Trinajstić information content (AvgIpc) is 3.16. The zero-order valence-corrected chi connectivity index (χ0v) is 15.1. The molecule has 0 aliphatic carbocycles. The molecule has 2 aliphatic rings.